The molecule has 2 N–H and O–H groups in total. The van der Waals surface area contributed by atoms with Gasteiger partial charge >= 0.3 is 0 Å². The lowest BCUT2D eigenvalue weighted by Gasteiger charge is -2.19. The summed E-state index contributed by atoms with van der Waals surface area (Å²) < 4.78 is 25.7. The highest BCUT2D eigenvalue weighted by Gasteiger charge is 2.20. The molecule has 1 atom stereocenters. The first-order valence-corrected chi connectivity index (χ1v) is 13.3. The molecule has 0 saturated carbocycles. The zero-order valence-electron chi connectivity index (χ0n) is 19.4. The third-order valence-electron chi connectivity index (χ3n) is 5.27. The molecular formula is C25H29N3O4S2. The summed E-state index contributed by atoms with van der Waals surface area (Å²) in [5, 5.41) is 7.53. The summed E-state index contributed by atoms with van der Waals surface area (Å²) in [5.41, 5.74) is 2.37. The van der Waals surface area contributed by atoms with Crippen molar-refractivity contribution >= 4 is 33.2 Å². The second kappa shape index (κ2) is 11.4. The Balaban J connectivity index is 1.68. The summed E-state index contributed by atoms with van der Waals surface area (Å²) in [6.45, 7) is 1.90. The highest BCUT2D eigenvalue weighted by Crippen LogP contribution is 2.26. The van der Waals surface area contributed by atoms with Crippen molar-refractivity contribution in [2.75, 3.05) is 20.6 Å². The van der Waals surface area contributed by atoms with E-state index in [1.54, 1.807) is 11.3 Å². The number of benzene rings is 2. The minimum atomic E-state index is -3.67. The van der Waals surface area contributed by atoms with Gasteiger partial charge in [-0.25, -0.2) is 12.7 Å². The van der Waals surface area contributed by atoms with Crippen molar-refractivity contribution < 1.29 is 18.0 Å². The van der Waals surface area contributed by atoms with Crippen LogP contribution in [-0.2, 0) is 21.2 Å². The second-order valence-corrected chi connectivity index (χ2v) is 11.1. The van der Waals surface area contributed by atoms with E-state index in [0.717, 1.165) is 27.6 Å². The highest BCUT2D eigenvalue weighted by molar-refractivity contribution is 7.89. The maximum Gasteiger partial charge on any atom is 0.251 e. The fourth-order valence-corrected chi connectivity index (χ4v) is 5.17. The van der Waals surface area contributed by atoms with Crippen molar-refractivity contribution in [2.45, 2.75) is 30.7 Å². The van der Waals surface area contributed by atoms with Crippen LogP contribution >= 0.6 is 11.3 Å². The second-order valence-electron chi connectivity index (χ2n) is 8.01. The highest BCUT2D eigenvalue weighted by atomic mass is 32.2. The smallest absolute Gasteiger partial charge is 0.251 e. The van der Waals surface area contributed by atoms with E-state index in [4.69, 9.17) is 0 Å². The summed E-state index contributed by atoms with van der Waals surface area (Å²) in [5.74, 6) is -0.871. The number of sulfonamides is 1. The zero-order chi connectivity index (χ0) is 24.7. The molecule has 3 aromatic rings. The Morgan fingerprint density at radius 2 is 1.76 bits per heavy atom. The SMILES string of the molecule is CCCc1ccc(C(NC(=O)CNC(=O)c2cccc(S(=O)(=O)N(C)C)c2)c2cccs2)cc1. The van der Waals surface area contributed by atoms with Gasteiger partial charge in [-0.05, 0) is 47.2 Å². The van der Waals surface area contributed by atoms with Crippen molar-refractivity contribution in [3.63, 3.8) is 0 Å². The van der Waals surface area contributed by atoms with Gasteiger partial charge in [0.15, 0.2) is 0 Å². The Labute approximate surface area is 204 Å². The van der Waals surface area contributed by atoms with E-state index in [1.807, 2.05) is 29.6 Å². The number of hydrogen-bond donors (Lipinski definition) is 2. The van der Waals surface area contributed by atoms with Gasteiger partial charge in [-0.2, -0.15) is 0 Å². The molecule has 0 aliphatic carbocycles. The summed E-state index contributed by atoms with van der Waals surface area (Å²) in [7, 11) is -0.819. The molecule has 1 unspecified atom stereocenters. The van der Waals surface area contributed by atoms with Crippen molar-refractivity contribution in [1.29, 1.82) is 0 Å². The Morgan fingerprint density at radius 3 is 2.38 bits per heavy atom. The average molecular weight is 500 g/mol. The number of carbonyl (C=O) groups is 2. The first kappa shape index (κ1) is 25.6. The molecule has 9 heteroatoms. The van der Waals surface area contributed by atoms with Crippen LogP contribution in [0.5, 0.6) is 0 Å². The molecule has 3 rings (SSSR count). The monoisotopic (exact) mass is 499 g/mol. The van der Waals surface area contributed by atoms with E-state index in [-0.39, 0.29) is 29.0 Å². The number of rotatable bonds is 10. The molecule has 7 nitrogen and oxygen atoms in total. The van der Waals surface area contributed by atoms with Gasteiger partial charge in [0.2, 0.25) is 15.9 Å². The van der Waals surface area contributed by atoms with Crippen LogP contribution in [-0.4, -0.2) is 45.2 Å². The molecule has 180 valence electrons. The van der Waals surface area contributed by atoms with Gasteiger partial charge < -0.3 is 10.6 Å². The van der Waals surface area contributed by atoms with Gasteiger partial charge in [0.05, 0.1) is 17.5 Å². The van der Waals surface area contributed by atoms with Crippen LogP contribution in [0.25, 0.3) is 0 Å². The zero-order valence-corrected chi connectivity index (χ0v) is 21.1. The lowest BCUT2D eigenvalue weighted by molar-refractivity contribution is -0.120. The molecule has 0 radical (unpaired) electrons. The molecule has 0 saturated heterocycles. The van der Waals surface area contributed by atoms with Crippen LogP contribution in [0.1, 0.15) is 45.7 Å². The van der Waals surface area contributed by atoms with Crippen LogP contribution in [0, 0.1) is 0 Å². The number of amides is 2. The predicted molar refractivity (Wildman–Crippen MR) is 134 cm³/mol. The lowest BCUT2D eigenvalue weighted by atomic mass is 10.0. The van der Waals surface area contributed by atoms with E-state index >= 15 is 0 Å². The molecule has 2 aromatic carbocycles. The Morgan fingerprint density at radius 1 is 1.03 bits per heavy atom. The van der Waals surface area contributed by atoms with Gasteiger partial charge in [0, 0.05) is 24.5 Å². The van der Waals surface area contributed by atoms with Crippen molar-refractivity contribution in [2.24, 2.45) is 0 Å². The molecule has 0 aliphatic rings. The van der Waals surface area contributed by atoms with E-state index < -0.39 is 15.9 Å². The number of aryl methyl sites for hydroxylation is 1. The minimum Gasteiger partial charge on any atom is -0.343 e. The first-order valence-electron chi connectivity index (χ1n) is 10.9. The summed E-state index contributed by atoms with van der Waals surface area (Å²) in [6.07, 6.45) is 2.06. The lowest BCUT2D eigenvalue weighted by Crippen LogP contribution is -2.38. The quantitative estimate of drug-likeness (QED) is 0.446. The van der Waals surface area contributed by atoms with Gasteiger partial charge in [-0.3, -0.25) is 9.59 Å². The fourth-order valence-electron chi connectivity index (χ4n) is 3.42. The third-order valence-corrected chi connectivity index (χ3v) is 8.02. The number of hydrogen-bond acceptors (Lipinski definition) is 5. The Kier molecular flexibility index (Phi) is 8.60. The summed E-state index contributed by atoms with van der Waals surface area (Å²) >= 11 is 1.55. The summed E-state index contributed by atoms with van der Waals surface area (Å²) in [4.78, 5) is 26.3. The number of carbonyl (C=O) groups excluding carboxylic acids is 2. The van der Waals surface area contributed by atoms with E-state index in [0.29, 0.717) is 0 Å². The minimum absolute atomic E-state index is 0.0129. The normalized spacial score (nSPS) is 12.4. The van der Waals surface area contributed by atoms with Crippen LogP contribution in [0.2, 0.25) is 0 Å². The van der Waals surface area contributed by atoms with Crippen LogP contribution in [0.3, 0.4) is 0 Å². The predicted octanol–water partition coefficient (Wildman–Crippen LogP) is 3.59. The number of nitrogens with one attached hydrogen (secondary N) is 2. The first-order chi connectivity index (χ1) is 16.2. The standard InChI is InChI=1S/C25H29N3O4S2/c1-4-7-18-11-13-19(14-12-18)24(22-10-6-15-33-22)27-23(29)17-26-25(30)20-8-5-9-21(16-20)34(31,32)28(2)3/h5-6,8-16,24H,4,7,17H2,1-3H3,(H,26,30)(H,27,29). The molecule has 0 fully saturated rings. The summed E-state index contributed by atoms with van der Waals surface area (Å²) in [6, 6.07) is 17.5. The molecule has 2 amide bonds. The van der Waals surface area contributed by atoms with Crippen molar-refractivity contribution in [1.82, 2.24) is 14.9 Å². The van der Waals surface area contributed by atoms with Gasteiger partial charge in [0.1, 0.15) is 0 Å². The third kappa shape index (κ3) is 6.31. The number of thiophene rings is 1. The molecule has 0 spiro atoms. The van der Waals surface area contributed by atoms with Gasteiger partial charge in [-0.1, -0.05) is 49.7 Å². The molecule has 1 heterocycles. The number of nitrogens with zero attached hydrogens (tertiary/aromatic N) is 1. The topological polar surface area (TPSA) is 95.6 Å². The van der Waals surface area contributed by atoms with Crippen LogP contribution in [0.15, 0.2) is 70.9 Å². The molecular weight excluding hydrogens is 470 g/mol. The van der Waals surface area contributed by atoms with E-state index in [2.05, 4.69) is 29.7 Å². The van der Waals surface area contributed by atoms with Crippen molar-refractivity contribution in [3.8, 4) is 0 Å². The Hall–Kier alpha value is -3.01. The maximum atomic E-state index is 12.7. The van der Waals surface area contributed by atoms with Gasteiger partial charge in [-0.15, -0.1) is 11.3 Å². The Bertz CT molecular complexity index is 1220. The van der Waals surface area contributed by atoms with Crippen molar-refractivity contribution in [3.05, 3.63) is 87.6 Å². The maximum absolute atomic E-state index is 12.7. The van der Waals surface area contributed by atoms with E-state index in [1.165, 1.54) is 43.9 Å². The molecule has 34 heavy (non-hydrogen) atoms. The van der Waals surface area contributed by atoms with Gasteiger partial charge in [0.25, 0.3) is 5.91 Å². The molecule has 0 aliphatic heterocycles. The largest absolute Gasteiger partial charge is 0.343 e. The van der Waals surface area contributed by atoms with Crippen LogP contribution < -0.4 is 10.6 Å². The average Bonchev–Trinajstić information content (AvgIpc) is 3.36. The molecule has 0 bridgehead atoms. The van der Waals surface area contributed by atoms with Crippen LogP contribution in [0.4, 0.5) is 0 Å². The van der Waals surface area contributed by atoms with E-state index in [9.17, 15) is 18.0 Å². The fraction of sp³-hybridized carbons (Fsp3) is 0.280. The molecule has 1 aromatic heterocycles.